The van der Waals surface area contributed by atoms with Crippen molar-refractivity contribution in [2.24, 2.45) is 11.3 Å². The molecule has 4 amide bonds. The van der Waals surface area contributed by atoms with Gasteiger partial charge in [-0.05, 0) is 13.3 Å². The Balaban J connectivity index is 0.00000361. The summed E-state index contributed by atoms with van der Waals surface area (Å²) in [6, 6.07) is -0.703. The maximum absolute atomic E-state index is 12.4. The number of nitrogens with zero attached hydrogens (tertiary/aromatic N) is 1. The van der Waals surface area contributed by atoms with Gasteiger partial charge in [-0.2, -0.15) is 0 Å². The summed E-state index contributed by atoms with van der Waals surface area (Å²) in [4.78, 5) is 37.0. The van der Waals surface area contributed by atoms with Crippen LogP contribution in [0.25, 0.3) is 0 Å². The van der Waals surface area contributed by atoms with E-state index in [1.807, 2.05) is 6.92 Å². The van der Waals surface area contributed by atoms with Crippen LogP contribution in [-0.4, -0.2) is 29.8 Å². The summed E-state index contributed by atoms with van der Waals surface area (Å²) in [6.07, 6.45) is 2.29. The molecule has 1 heterocycles. The Hall–Kier alpha value is -1.09. The van der Waals surface area contributed by atoms with Gasteiger partial charge in [0.25, 0.3) is 0 Å². The minimum absolute atomic E-state index is 0. The van der Waals surface area contributed by atoms with E-state index in [1.165, 1.54) is 13.1 Å². The molecule has 20 heavy (non-hydrogen) atoms. The summed E-state index contributed by atoms with van der Waals surface area (Å²) in [5, 5.41) is 2.20. The number of barbiturate groups is 1. The molecule has 2 unspecified atom stereocenters. The van der Waals surface area contributed by atoms with Crippen LogP contribution in [0.5, 0.6) is 0 Å². The SMILES string of the molecule is C=CCC1(C(C)C#CCC)C(=O)NC(=O)N(C)C1=O.[Na+]. The first-order valence-corrected chi connectivity index (χ1v) is 6.14. The molecule has 0 radical (unpaired) electrons. The number of hydrogen-bond acceptors (Lipinski definition) is 3. The summed E-state index contributed by atoms with van der Waals surface area (Å²) < 4.78 is 0. The number of urea groups is 1. The molecule has 102 valence electrons. The zero-order valence-electron chi connectivity index (χ0n) is 12.4. The summed E-state index contributed by atoms with van der Waals surface area (Å²) in [6.45, 7) is 7.19. The van der Waals surface area contributed by atoms with Crippen LogP contribution >= 0.6 is 0 Å². The van der Waals surface area contributed by atoms with E-state index in [1.54, 1.807) is 6.92 Å². The van der Waals surface area contributed by atoms with Crippen molar-refractivity contribution in [3.8, 4) is 11.8 Å². The summed E-state index contributed by atoms with van der Waals surface area (Å²) in [5.74, 6) is 4.16. The standard InChI is InChI=1S/C14H18N2O3.Na/c1-5-7-8-10(3)14(9-6-2)11(17)15-13(19)16(4)12(14)18;/h6,10H,2,5,9H2,1,3-4H3,(H,15,17,19);/q;+1. The van der Waals surface area contributed by atoms with Gasteiger partial charge in [-0.15, -0.1) is 12.5 Å². The smallest absolute Gasteiger partial charge is 0.277 e. The first kappa shape index (κ1) is 18.9. The number of amides is 4. The molecule has 1 fully saturated rings. The average Bonchev–Trinajstić information content (AvgIpc) is 2.38. The fraction of sp³-hybridized carbons (Fsp3) is 0.500. The largest absolute Gasteiger partial charge is 1.00 e. The van der Waals surface area contributed by atoms with Gasteiger partial charge in [0, 0.05) is 19.4 Å². The molecule has 0 spiro atoms. The molecule has 2 atom stereocenters. The number of hydrogen-bond donors (Lipinski definition) is 1. The zero-order chi connectivity index (χ0) is 14.6. The molecular formula is C14H18N2NaO3+. The topological polar surface area (TPSA) is 66.5 Å². The van der Waals surface area contributed by atoms with Crippen LogP contribution in [0.15, 0.2) is 12.7 Å². The van der Waals surface area contributed by atoms with Gasteiger partial charge in [0.2, 0.25) is 11.8 Å². The Bertz CT molecular complexity index is 492. The van der Waals surface area contributed by atoms with Crippen molar-refractivity contribution in [2.45, 2.75) is 26.7 Å². The van der Waals surface area contributed by atoms with Crippen LogP contribution in [0.2, 0.25) is 0 Å². The second kappa shape index (κ2) is 7.63. The number of carbonyl (C=O) groups excluding carboxylic acids is 3. The van der Waals surface area contributed by atoms with Gasteiger partial charge in [-0.3, -0.25) is 19.8 Å². The number of rotatable bonds is 3. The zero-order valence-corrected chi connectivity index (χ0v) is 14.4. The van der Waals surface area contributed by atoms with Crippen molar-refractivity contribution in [3.63, 3.8) is 0 Å². The van der Waals surface area contributed by atoms with Gasteiger partial charge in [0.05, 0.1) is 0 Å². The van der Waals surface area contributed by atoms with Crippen LogP contribution < -0.4 is 34.9 Å². The van der Waals surface area contributed by atoms with Gasteiger partial charge >= 0.3 is 35.6 Å². The van der Waals surface area contributed by atoms with Crippen molar-refractivity contribution >= 4 is 17.8 Å². The molecule has 1 aliphatic heterocycles. The van der Waals surface area contributed by atoms with Gasteiger partial charge < -0.3 is 0 Å². The Morgan fingerprint density at radius 3 is 2.55 bits per heavy atom. The van der Waals surface area contributed by atoms with E-state index in [9.17, 15) is 14.4 Å². The monoisotopic (exact) mass is 285 g/mol. The third-order valence-electron chi connectivity index (χ3n) is 3.32. The molecule has 0 saturated carbocycles. The quantitative estimate of drug-likeness (QED) is 0.291. The second-order valence-corrected chi connectivity index (χ2v) is 4.48. The summed E-state index contributed by atoms with van der Waals surface area (Å²) in [7, 11) is 1.35. The molecule has 1 aliphatic rings. The van der Waals surface area contributed by atoms with E-state index in [-0.39, 0.29) is 36.0 Å². The molecule has 1 N–H and O–H groups in total. The van der Waals surface area contributed by atoms with Gasteiger partial charge in [0.1, 0.15) is 5.41 Å². The van der Waals surface area contributed by atoms with Crippen molar-refractivity contribution in [1.82, 2.24) is 10.2 Å². The van der Waals surface area contributed by atoms with Crippen molar-refractivity contribution < 1.29 is 43.9 Å². The predicted molar refractivity (Wildman–Crippen MR) is 70.8 cm³/mol. The fourth-order valence-electron chi connectivity index (χ4n) is 2.13. The molecule has 0 aliphatic carbocycles. The van der Waals surface area contributed by atoms with E-state index >= 15 is 0 Å². The molecule has 1 rings (SSSR count). The van der Waals surface area contributed by atoms with E-state index < -0.39 is 29.2 Å². The number of imide groups is 2. The summed E-state index contributed by atoms with van der Waals surface area (Å²) in [5.41, 5.74) is -1.37. The third-order valence-corrected chi connectivity index (χ3v) is 3.32. The van der Waals surface area contributed by atoms with Crippen LogP contribution in [0.4, 0.5) is 4.79 Å². The normalized spacial score (nSPS) is 23.1. The van der Waals surface area contributed by atoms with Crippen LogP contribution in [0.1, 0.15) is 26.7 Å². The van der Waals surface area contributed by atoms with E-state index in [0.29, 0.717) is 6.42 Å². The van der Waals surface area contributed by atoms with Gasteiger partial charge in [0.15, 0.2) is 0 Å². The van der Waals surface area contributed by atoms with Crippen LogP contribution in [0, 0.1) is 23.2 Å². The molecule has 5 nitrogen and oxygen atoms in total. The molecule has 1 saturated heterocycles. The van der Waals surface area contributed by atoms with Crippen molar-refractivity contribution in [1.29, 1.82) is 0 Å². The molecule has 0 aromatic rings. The Labute approximate surface area is 141 Å². The minimum Gasteiger partial charge on any atom is -0.277 e. The van der Waals surface area contributed by atoms with E-state index in [0.717, 1.165) is 4.90 Å². The Morgan fingerprint density at radius 2 is 2.05 bits per heavy atom. The van der Waals surface area contributed by atoms with Crippen molar-refractivity contribution in [3.05, 3.63) is 12.7 Å². The van der Waals surface area contributed by atoms with Crippen LogP contribution in [-0.2, 0) is 9.59 Å². The fourth-order valence-corrected chi connectivity index (χ4v) is 2.13. The van der Waals surface area contributed by atoms with Crippen LogP contribution in [0.3, 0.4) is 0 Å². The first-order valence-electron chi connectivity index (χ1n) is 6.14. The first-order chi connectivity index (χ1) is 8.91. The number of allylic oxidation sites excluding steroid dienone is 1. The number of carbonyl (C=O) groups is 3. The molecular weight excluding hydrogens is 267 g/mol. The Morgan fingerprint density at radius 1 is 1.45 bits per heavy atom. The van der Waals surface area contributed by atoms with Gasteiger partial charge in [-0.1, -0.05) is 18.9 Å². The maximum Gasteiger partial charge on any atom is 1.00 e. The summed E-state index contributed by atoms with van der Waals surface area (Å²) >= 11 is 0. The van der Waals surface area contributed by atoms with Gasteiger partial charge in [-0.25, -0.2) is 4.79 Å². The second-order valence-electron chi connectivity index (χ2n) is 4.48. The average molecular weight is 285 g/mol. The molecule has 0 aromatic carbocycles. The number of nitrogens with one attached hydrogen (secondary N) is 1. The Kier molecular flexibility index (Phi) is 7.21. The molecule has 0 bridgehead atoms. The molecule has 6 heteroatoms. The maximum atomic E-state index is 12.4. The van der Waals surface area contributed by atoms with E-state index in [4.69, 9.17) is 0 Å². The predicted octanol–water partition coefficient (Wildman–Crippen LogP) is -1.69. The molecule has 0 aromatic heterocycles. The minimum atomic E-state index is -1.37. The van der Waals surface area contributed by atoms with E-state index in [2.05, 4.69) is 23.7 Å². The van der Waals surface area contributed by atoms with Crippen molar-refractivity contribution in [2.75, 3.05) is 7.05 Å². The third kappa shape index (κ3) is 3.14.